The van der Waals surface area contributed by atoms with Crippen LogP contribution in [0.2, 0.25) is 0 Å². The SMILES string of the molecule is C=Cc1ccncc1C(C)C. The lowest BCUT2D eigenvalue weighted by atomic mass is 10.00. The third kappa shape index (κ3) is 1.67. The van der Waals surface area contributed by atoms with Crippen LogP contribution in [0.25, 0.3) is 6.08 Å². The molecule has 11 heavy (non-hydrogen) atoms. The Kier molecular flexibility index (Phi) is 2.42. The Morgan fingerprint density at radius 2 is 2.27 bits per heavy atom. The molecule has 0 unspecified atom stereocenters. The summed E-state index contributed by atoms with van der Waals surface area (Å²) in [6.07, 6.45) is 5.57. The summed E-state index contributed by atoms with van der Waals surface area (Å²) in [5.41, 5.74) is 2.46. The largest absolute Gasteiger partial charge is 0.264 e. The molecular formula is C10H13N. The van der Waals surface area contributed by atoms with Crippen LogP contribution in [0.1, 0.15) is 30.9 Å². The van der Waals surface area contributed by atoms with Crippen molar-refractivity contribution < 1.29 is 0 Å². The van der Waals surface area contributed by atoms with Gasteiger partial charge in [0.15, 0.2) is 0 Å². The van der Waals surface area contributed by atoms with Crippen molar-refractivity contribution in [2.75, 3.05) is 0 Å². The summed E-state index contributed by atoms with van der Waals surface area (Å²) in [7, 11) is 0. The molecule has 58 valence electrons. The molecule has 0 aromatic carbocycles. The average Bonchev–Trinajstić information content (AvgIpc) is 2.04. The predicted molar refractivity (Wildman–Crippen MR) is 48.4 cm³/mol. The highest BCUT2D eigenvalue weighted by atomic mass is 14.6. The molecular weight excluding hydrogens is 134 g/mol. The summed E-state index contributed by atoms with van der Waals surface area (Å²) in [6.45, 7) is 8.06. The Morgan fingerprint density at radius 1 is 1.55 bits per heavy atom. The molecule has 1 nitrogen and oxygen atoms in total. The smallest absolute Gasteiger partial charge is 0.0308 e. The maximum absolute atomic E-state index is 4.07. The fraction of sp³-hybridized carbons (Fsp3) is 0.300. The molecule has 0 saturated carbocycles. The van der Waals surface area contributed by atoms with E-state index in [9.17, 15) is 0 Å². The fourth-order valence-electron chi connectivity index (χ4n) is 1.09. The van der Waals surface area contributed by atoms with E-state index in [0.717, 1.165) is 0 Å². The Hall–Kier alpha value is -1.11. The summed E-state index contributed by atoms with van der Waals surface area (Å²) in [5, 5.41) is 0. The Labute approximate surface area is 67.8 Å². The molecule has 0 aliphatic heterocycles. The van der Waals surface area contributed by atoms with Gasteiger partial charge in [-0.2, -0.15) is 0 Å². The molecule has 1 aromatic rings. The second kappa shape index (κ2) is 3.33. The van der Waals surface area contributed by atoms with Gasteiger partial charge in [0.05, 0.1) is 0 Å². The second-order valence-electron chi connectivity index (χ2n) is 2.86. The van der Waals surface area contributed by atoms with Crippen LogP contribution in [0, 0.1) is 0 Å². The highest BCUT2D eigenvalue weighted by Crippen LogP contribution is 2.18. The topological polar surface area (TPSA) is 12.9 Å². The summed E-state index contributed by atoms with van der Waals surface area (Å²) in [4.78, 5) is 4.07. The van der Waals surface area contributed by atoms with Crippen LogP contribution >= 0.6 is 0 Å². The first kappa shape index (κ1) is 7.99. The molecule has 0 spiro atoms. The summed E-state index contributed by atoms with van der Waals surface area (Å²) >= 11 is 0. The minimum Gasteiger partial charge on any atom is -0.264 e. The minimum atomic E-state index is 0.525. The number of rotatable bonds is 2. The van der Waals surface area contributed by atoms with E-state index >= 15 is 0 Å². The van der Waals surface area contributed by atoms with Gasteiger partial charge in [0.2, 0.25) is 0 Å². The fourth-order valence-corrected chi connectivity index (χ4v) is 1.09. The molecule has 0 bridgehead atoms. The lowest BCUT2D eigenvalue weighted by Gasteiger charge is -2.07. The summed E-state index contributed by atoms with van der Waals surface area (Å²) in [6, 6.07) is 1.99. The Bertz CT molecular complexity index is 251. The molecule has 0 aliphatic rings. The third-order valence-corrected chi connectivity index (χ3v) is 1.73. The van der Waals surface area contributed by atoms with Crippen molar-refractivity contribution in [1.29, 1.82) is 0 Å². The molecule has 1 heteroatoms. The Balaban J connectivity index is 3.12. The van der Waals surface area contributed by atoms with Crippen molar-refractivity contribution >= 4 is 6.08 Å². The molecule has 0 N–H and O–H groups in total. The number of nitrogens with zero attached hydrogens (tertiary/aromatic N) is 1. The number of hydrogen-bond donors (Lipinski definition) is 0. The molecule has 0 aliphatic carbocycles. The van der Waals surface area contributed by atoms with Crippen LogP contribution < -0.4 is 0 Å². The predicted octanol–water partition coefficient (Wildman–Crippen LogP) is 2.85. The van der Waals surface area contributed by atoms with Crippen molar-refractivity contribution in [3.05, 3.63) is 36.2 Å². The summed E-state index contributed by atoms with van der Waals surface area (Å²) < 4.78 is 0. The van der Waals surface area contributed by atoms with Crippen LogP contribution in [-0.4, -0.2) is 4.98 Å². The van der Waals surface area contributed by atoms with Gasteiger partial charge in [-0.1, -0.05) is 26.5 Å². The molecule has 1 heterocycles. The molecule has 0 amide bonds. The van der Waals surface area contributed by atoms with Crippen molar-refractivity contribution in [3.63, 3.8) is 0 Å². The van der Waals surface area contributed by atoms with Crippen molar-refractivity contribution in [3.8, 4) is 0 Å². The standard InChI is InChI=1S/C10H13N/c1-4-9-5-6-11-7-10(9)8(2)3/h4-8H,1H2,2-3H3. The first-order chi connectivity index (χ1) is 5.25. The van der Waals surface area contributed by atoms with Crippen molar-refractivity contribution in [1.82, 2.24) is 4.98 Å². The van der Waals surface area contributed by atoms with Gasteiger partial charge in [0, 0.05) is 12.4 Å². The van der Waals surface area contributed by atoms with E-state index in [-0.39, 0.29) is 0 Å². The first-order valence-electron chi connectivity index (χ1n) is 3.82. The third-order valence-electron chi connectivity index (χ3n) is 1.73. The van der Waals surface area contributed by atoms with Gasteiger partial charge in [0.1, 0.15) is 0 Å². The van der Waals surface area contributed by atoms with E-state index in [2.05, 4.69) is 25.4 Å². The van der Waals surface area contributed by atoms with Gasteiger partial charge in [-0.15, -0.1) is 0 Å². The Morgan fingerprint density at radius 3 is 2.73 bits per heavy atom. The van der Waals surface area contributed by atoms with Crippen LogP contribution in [0.4, 0.5) is 0 Å². The van der Waals surface area contributed by atoms with E-state index in [0.29, 0.717) is 5.92 Å². The molecule has 0 fully saturated rings. The van der Waals surface area contributed by atoms with Gasteiger partial charge in [-0.05, 0) is 23.1 Å². The van der Waals surface area contributed by atoms with Crippen LogP contribution in [0.15, 0.2) is 25.0 Å². The zero-order valence-electron chi connectivity index (χ0n) is 7.04. The van der Waals surface area contributed by atoms with E-state index in [1.807, 2.05) is 18.3 Å². The zero-order valence-corrected chi connectivity index (χ0v) is 7.04. The quantitative estimate of drug-likeness (QED) is 0.626. The maximum Gasteiger partial charge on any atom is 0.0308 e. The monoisotopic (exact) mass is 147 g/mol. The molecule has 1 rings (SSSR count). The highest BCUT2D eigenvalue weighted by molar-refractivity contribution is 5.51. The van der Waals surface area contributed by atoms with Crippen LogP contribution in [0.5, 0.6) is 0 Å². The summed E-state index contributed by atoms with van der Waals surface area (Å²) in [5.74, 6) is 0.525. The molecule has 1 aromatic heterocycles. The van der Waals surface area contributed by atoms with E-state index in [1.54, 1.807) is 6.20 Å². The maximum atomic E-state index is 4.07. The van der Waals surface area contributed by atoms with E-state index < -0.39 is 0 Å². The molecule has 0 saturated heterocycles. The lowest BCUT2D eigenvalue weighted by Crippen LogP contribution is -1.91. The van der Waals surface area contributed by atoms with Crippen molar-refractivity contribution in [2.45, 2.75) is 19.8 Å². The highest BCUT2D eigenvalue weighted by Gasteiger charge is 2.01. The van der Waals surface area contributed by atoms with Crippen LogP contribution in [-0.2, 0) is 0 Å². The van der Waals surface area contributed by atoms with Crippen molar-refractivity contribution in [2.24, 2.45) is 0 Å². The second-order valence-corrected chi connectivity index (χ2v) is 2.86. The molecule has 0 radical (unpaired) electrons. The van der Waals surface area contributed by atoms with E-state index in [4.69, 9.17) is 0 Å². The van der Waals surface area contributed by atoms with Gasteiger partial charge in [0.25, 0.3) is 0 Å². The van der Waals surface area contributed by atoms with Gasteiger partial charge in [-0.3, -0.25) is 4.98 Å². The van der Waals surface area contributed by atoms with Gasteiger partial charge in [-0.25, -0.2) is 0 Å². The normalized spacial score (nSPS) is 10.1. The minimum absolute atomic E-state index is 0.525. The number of hydrogen-bond acceptors (Lipinski definition) is 1. The number of pyridine rings is 1. The zero-order chi connectivity index (χ0) is 8.27. The average molecular weight is 147 g/mol. The first-order valence-corrected chi connectivity index (χ1v) is 3.82. The van der Waals surface area contributed by atoms with Crippen LogP contribution in [0.3, 0.4) is 0 Å². The molecule has 0 atom stereocenters. The number of aromatic nitrogens is 1. The van der Waals surface area contributed by atoms with Gasteiger partial charge < -0.3 is 0 Å². The van der Waals surface area contributed by atoms with Gasteiger partial charge >= 0.3 is 0 Å². The lowest BCUT2D eigenvalue weighted by molar-refractivity contribution is 0.855. The van der Waals surface area contributed by atoms with E-state index in [1.165, 1.54) is 11.1 Å².